The normalized spacial score (nSPS) is 23.7. The molecule has 2 fully saturated rings. The van der Waals surface area contributed by atoms with Crippen molar-refractivity contribution in [3.05, 3.63) is 69.7 Å². The van der Waals surface area contributed by atoms with Gasteiger partial charge in [0.1, 0.15) is 11.6 Å². The van der Waals surface area contributed by atoms with E-state index >= 15 is 0 Å². The highest BCUT2D eigenvalue weighted by Crippen LogP contribution is 2.40. The summed E-state index contributed by atoms with van der Waals surface area (Å²) in [6.45, 7) is 2.30. The Bertz CT molecular complexity index is 986. The van der Waals surface area contributed by atoms with Crippen molar-refractivity contribution in [2.75, 3.05) is 0 Å². The average molecular weight is 557 g/mol. The largest absolute Gasteiger partial charge is 0.207 e. The van der Waals surface area contributed by atoms with Gasteiger partial charge in [-0.3, -0.25) is 0 Å². The van der Waals surface area contributed by atoms with Gasteiger partial charge in [0.05, 0.1) is 5.02 Å². The predicted octanol–water partition coefficient (Wildman–Crippen LogP) is 12.0. The van der Waals surface area contributed by atoms with Crippen LogP contribution >= 0.6 is 11.6 Å². The van der Waals surface area contributed by atoms with Crippen LogP contribution in [-0.2, 0) is 12.8 Å². The number of unbranched alkanes of at least 4 members (excludes halogenated alkanes) is 5. The lowest BCUT2D eigenvalue weighted by Crippen LogP contribution is -2.18. The van der Waals surface area contributed by atoms with Gasteiger partial charge < -0.3 is 0 Å². The lowest BCUT2D eigenvalue weighted by molar-refractivity contribution is 0.222. The smallest absolute Gasteiger partial charge is 0.142 e. The molecule has 0 spiro atoms. The zero-order chi connectivity index (χ0) is 27.5. The number of aryl methyl sites for hydroxylation is 2. The Hall–Kier alpha value is -1.41. The first-order valence-electron chi connectivity index (χ1n) is 16.2. The Morgan fingerprint density at radius 3 is 1.90 bits per heavy atom. The Morgan fingerprint density at radius 1 is 0.641 bits per heavy atom. The van der Waals surface area contributed by atoms with Gasteiger partial charge in [0.2, 0.25) is 0 Å². The van der Waals surface area contributed by atoms with E-state index in [0.717, 1.165) is 28.9 Å². The van der Waals surface area contributed by atoms with Crippen LogP contribution in [0.1, 0.15) is 139 Å². The Labute approximate surface area is 242 Å². The van der Waals surface area contributed by atoms with E-state index in [1.54, 1.807) is 12.1 Å². The first-order chi connectivity index (χ1) is 19.0. The van der Waals surface area contributed by atoms with Crippen molar-refractivity contribution in [2.45, 2.75) is 135 Å². The van der Waals surface area contributed by atoms with E-state index in [0.29, 0.717) is 24.3 Å². The summed E-state index contributed by atoms with van der Waals surface area (Å²) in [4.78, 5) is 0. The molecule has 39 heavy (non-hydrogen) atoms. The molecule has 216 valence electrons. The summed E-state index contributed by atoms with van der Waals surface area (Å²) >= 11 is 5.77. The average Bonchev–Trinajstić information content (AvgIpc) is 2.96. The molecule has 0 nitrogen and oxygen atoms in total. The van der Waals surface area contributed by atoms with Gasteiger partial charge in [-0.1, -0.05) is 120 Å². The number of rotatable bonds is 14. The van der Waals surface area contributed by atoms with Crippen LogP contribution in [0.3, 0.4) is 0 Å². The number of halogens is 3. The quantitative estimate of drug-likeness (QED) is 0.203. The summed E-state index contributed by atoms with van der Waals surface area (Å²) in [6, 6.07) is 10.7. The second kappa shape index (κ2) is 16.1. The van der Waals surface area contributed by atoms with Crippen LogP contribution in [-0.4, -0.2) is 0 Å². The van der Waals surface area contributed by atoms with Gasteiger partial charge in [-0.15, -0.1) is 0 Å². The molecule has 4 rings (SSSR count). The van der Waals surface area contributed by atoms with E-state index < -0.39 is 5.82 Å². The fourth-order valence-electron chi connectivity index (χ4n) is 7.27. The third-order valence-electron chi connectivity index (χ3n) is 9.98. The molecule has 0 unspecified atom stereocenters. The maximum absolute atomic E-state index is 14.9. The molecule has 0 aromatic heterocycles. The van der Waals surface area contributed by atoms with Crippen LogP contribution in [0.2, 0.25) is 5.02 Å². The summed E-state index contributed by atoms with van der Waals surface area (Å²) in [5.41, 5.74) is 2.72. The van der Waals surface area contributed by atoms with Gasteiger partial charge in [-0.25, -0.2) is 8.78 Å². The molecule has 3 heteroatoms. The molecule has 0 heterocycles. The van der Waals surface area contributed by atoms with Gasteiger partial charge in [-0.05, 0) is 97.1 Å². The summed E-state index contributed by atoms with van der Waals surface area (Å²) in [6.07, 6.45) is 24.9. The first-order valence-corrected chi connectivity index (χ1v) is 16.6. The Balaban J connectivity index is 1.11. The van der Waals surface area contributed by atoms with Crippen molar-refractivity contribution in [1.82, 2.24) is 0 Å². The minimum Gasteiger partial charge on any atom is -0.207 e. The van der Waals surface area contributed by atoms with Gasteiger partial charge in [0.25, 0.3) is 0 Å². The third kappa shape index (κ3) is 9.87. The van der Waals surface area contributed by atoms with E-state index in [1.165, 1.54) is 115 Å². The molecule has 2 aromatic rings. The van der Waals surface area contributed by atoms with Gasteiger partial charge in [0, 0.05) is 0 Å². The van der Waals surface area contributed by atoms with Crippen LogP contribution in [0.5, 0.6) is 0 Å². The fraction of sp³-hybridized carbons (Fsp3) is 0.667. The van der Waals surface area contributed by atoms with Crippen molar-refractivity contribution < 1.29 is 8.78 Å². The molecule has 0 atom stereocenters. The lowest BCUT2D eigenvalue weighted by Gasteiger charge is -2.32. The van der Waals surface area contributed by atoms with Crippen molar-refractivity contribution >= 4 is 11.6 Å². The van der Waals surface area contributed by atoms with Gasteiger partial charge in [0.15, 0.2) is 0 Å². The highest BCUT2D eigenvalue weighted by molar-refractivity contribution is 6.30. The lowest BCUT2D eigenvalue weighted by atomic mass is 9.74. The molecule has 2 saturated carbocycles. The first kappa shape index (κ1) is 30.5. The fourth-order valence-corrected chi connectivity index (χ4v) is 7.39. The SMILES string of the molecule is CCCCCCCC[C@H]1CC[C@H](CCC2CCC(c3ccc(CCc4ccc(Cl)c(F)c4)c(F)c3)CC2)CC1. The molecule has 0 amide bonds. The summed E-state index contributed by atoms with van der Waals surface area (Å²) < 4.78 is 28.6. The van der Waals surface area contributed by atoms with E-state index in [-0.39, 0.29) is 10.8 Å². The summed E-state index contributed by atoms with van der Waals surface area (Å²) in [7, 11) is 0. The summed E-state index contributed by atoms with van der Waals surface area (Å²) in [5.74, 6) is 2.81. The van der Waals surface area contributed by atoms with Crippen LogP contribution in [0.25, 0.3) is 0 Å². The molecule has 0 aliphatic heterocycles. The van der Waals surface area contributed by atoms with Crippen LogP contribution in [0, 0.1) is 29.4 Å². The predicted molar refractivity (Wildman–Crippen MR) is 163 cm³/mol. The van der Waals surface area contributed by atoms with E-state index in [9.17, 15) is 8.78 Å². The van der Waals surface area contributed by atoms with Crippen molar-refractivity contribution in [3.8, 4) is 0 Å². The topological polar surface area (TPSA) is 0 Å². The summed E-state index contributed by atoms with van der Waals surface area (Å²) in [5, 5.41) is 0.130. The number of hydrogen-bond donors (Lipinski definition) is 0. The minimum atomic E-state index is -0.410. The van der Waals surface area contributed by atoms with Crippen molar-refractivity contribution in [2.24, 2.45) is 17.8 Å². The highest BCUT2D eigenvalue weighted by atomic mass is 35.5. The minimum absolute atomic E-state index is 0.115. The Morgan fingerprint density at radius 2 is 1.26 bits per heavy atom. The second-order valence-electron chi connectivity index (χ2n) is 12.8. The number of benzene rings is 2. The maximum atomic E-state index is 14.9. The Kier molecular flexibility index (Phi) is 12.6. The molecule has 0 N–H and O–H groups in total. The van der Waals surface area contributed by atoms with Crippen LogP contribution in [0.4, 0.5) is 8.78 Å². The molecule has 2 aliphatic carbocycles. The van der Waals surface area contributed by atoms with Crippen LogP contribution < -0.4 is 0 Å². The molecule has 0 radical (unpaired) electrons. The standard InChI is InChI=1S/C36H51ClF2/c1-2-3-4-5-6-7-8-27-9-11-28(12-10-27)13-14-29-15-19-31(20-16-29)33-23-22-32(35(38)26-33)21-17-30-18-24-34(37)36(39)25-30/h18,22-29,31H,2-17,19-21H2,1H3/t27-,28-,29?,31?. The van der Waals surface area contributed by atoms with E-state index in [4.69, 9.17) is 11.6 Å². The van der Waals surface area contributed by atoms with Gasteiger partial charge >= 0.3 is 0 Å². The molecule has 2 aromatic carbocycles. The number of hydrogen-bond acceptors (Lipinski definition) is 0. The van der Waals surface area contributed by atoms with E-state index in [2.05, 4.69) is 13.0 Å². The molecule has 0 saturated heterocycles. The second-order valence-corrected chi connectivity index (χ2v) is 13.2. The monoisotopic (exact) mass is 556 g/mol. The molecular formula is C36H51ClF2. The molecule has 0 bridgehead atoms. The highest BCUT2D eigenvalue weighted by Gasteiger charge is 2.25. The molecule has 2 aliphatic rings. The van der Waals surface area contributed by atoms with Crippen molar-refractivity contribution in [3.63, 3.8) is 0 Å². The zero-order valence-electron chi connectivity index (χ0n) is 24.3. The van der Waals surface area contributed by atoms with Crippen molar-refractivity contribution in [1.29, 1.82) is 0 Å². The third-order valence-corrected chi connectivity index (χ3v) is 10.3. The van der Waals surface area contributed by atoms with E-state index in [1.807, 2.05) is 12.1 Å². The molecular weight excluding hydrogens is 506 g/mol. The van der Waals surface area contributed by atoms with Gasteiger partial charge in [-0.2, -0.15) is 0 Å². The maximum Gasteiger partial charge on any atom is 0.142 e. The zero-order valence-corrected chi connectivity index (χ0v) is 25.1. The van der Waals surface area contributed by atoms with Crippen LogP contribution in [0.15, 0.2) is 36.4 Å².